The maximum atomic E-state index is 14.7. The number of thiol groups is 1. The maximum absolute atomic E-state index is 14.7. The molecule has 0 radical (unpaired) electrons. The van der Waals surface area contributed by atoms with Crippen molar-refractivity contribution in [2.24, 2.45) is 0 Å². The summed E-state index contributed by atoms with van der Waals surface area (Å²) in [5.74, 6) is -2.90. The second-order valence-corrected chi connectivity index (χ2v) is 7.13. The fourth-order valence-corrected chi connectivity index (χ4v) is 3.78. The number of nitrogens with one attached hydrogen (secondary N) is 1. The Morgan fingerprint density at radius 1 is 1.19 bits per heavy atom. The van der Waals surface area contributed by atoms with E-state index in [-0.39, 0.29) is 16.8 Å². The SMILES string of the molecule is Nc1ccc(-c2cc3c(cc2F)C(=O)C(S)(C(=O)O)C2=C3C(=S)N2)cc1. The lowest BCUT2D eigenvalue weighted by Crippen LogP contribution is -2.56. The molecule has 0 bridgehead atoms. The number of ketones is 1. The maximum Gasteiger partial charge on any atom is 0.333 e. The Kier molecular flexibility index (Phi) is 3.47. The zero-order valence-electron chi connectivity index (χ0n) is 13.0. The molecule has 0 saturated heterocycles. The lowest BCUT2D eigenvalue weighted by molar-refractivity contribution is -0.137. The number of carboxylic acids is 1. The molecule has 2 aliphatic rings. The van der Waals surface area contributed by atoms with Crippen LogP contribution in [0.15, 0.2) is 42.1 Å². The van der Waals surface area contributed by atoms with Crippen LogP contribution in [0.3, 0.4) is 0 Å². The van der Waals surface area contributed by atoms with Gasteiger partial charge in [-0.25, -0.2) is 9.18 Å². The minimum atomic E-state index is -2.11. The molecule has 0 fully saturated rings. The molecule has 1 aliphatic heterocycles. The molecule has 0 saturated carbocycles. The third-order valence-electron chi connectivity index (χ3n) is 4.56. The summed E-state index contributed by atoms with van der Waals surface area (Å²) in [6, 6.07) is 9.16. The number of aliphatic carboxylic acids is 1. The van der Waals surface area contributed by atoms with Gasteiger partial charge in [-0.15, -0.1) is 12.6 Å². The Labute approximate surface area is 158 Å². The number of carbonyl (C=O) groups excluding carboxylic acids is 1. The van der Waals surface area contributed by atoms with Gasteiger partial charge in [0.05, 0.1) is 5.70 Å². The van der Waals surface area contributed by atoms with Crippen molar-refractivity contribution >= 4 is 52.8 Å². The Hall–Kier alpha value is -2.71. The first-order valence-corrected chi connectivity index (χ1v) is 8.37. The number of hydrogen-bond donors (Lipinski definition) is 4. The third-order valence-corrected chi connectivity index (χ3v) is 5.48. The van der Waals surface area contributed by atoms with Crippen molar-refractivity contribution in [3.05, 3.63) is 59.0 Å². The van der Waals surface area contributed by atoms with E-state index in [0.29, 0.717) is 27.4 Å². The largest absolute Gasteiger partial charge is 0.480 e. The number of thiocarbonyl (C=S) groups is 1. The summed E-state index contributed by atoms with van der Waals surface area (Å²) in [5.41, 5.74) is 7.91. The smallest absolute Gasteiger partial charge is 0.333 e. The summed E-state index contributed by atoms with van der Waals surface area (Å²) in [5, 5.41) is 12.2. The van der Waals surface area contributed by atoms with Crippen LogP contribution >= 0.6 is 24.8 Å². The average Bonchev–Trinajstić information content (AvgIpc) is 2.59. The molecule has 0 spiro atoms. The number of carbonyl (C=O) groups is 2. The molecule has 26 heavy (non-hydrogen) atoms. The molecule has 4 rings (SSSR count). The number of hydrogen-bond acceptors (Lipinski definition) is 5. The first-order chi connectivity index (χ1) is 12.2. The highest BCUT2D eigenvalue weighted by Gasteiger charge is 2.56. The molecule has 1 unspecified atom stereocenters. The van der Waals surface area contributed by atoms with Gasteiger partial charge in [-0.3, -0.25) is 4.79 Å². The van der Waals surface area contributed by atoms with Gasteiger partial charge in [-0.05, 0) is 35.4 Å². The van der Waals surface area contributed by atoms with Crippen LogP contribution < -0.4 is 11.1 Å². The number of halogens is 1. The van der Waals surface area contributed by atoms with E-state index in [1.165, 1.54) is 6.07 Å². The van der Waals surface area contributed by atoms with Crippen LogP contribution in [0.1, 0.15) is 15.9 Å². The topological polar surface area (TPSA) is 92.4 Å². The van der Waals surface area contributed by atoms with E-state index in [1.807, 2.05) is 0 Å². The predicted octanol–water partition coefficient (Wildman–Crippen LogP) is 2.67. The van der Waals surface area contributed by atoms with Crippen molar-refractivity contribution in [1.82, 2.24) is 5.32 Å². The molecule has 2 aromatic rings. The summed E-state index contributed by atoms with van der Waals surface area (Å²) in [6.07, 6.45) is 0. The fraction of sp³-hybridized carbons (Fsp3) is 0.0556. The molecule has 0 aromatic heterocycles. The van der Waals surface area contributed by atoms with Gasteiger partial charge >= 0.3 is 5.97 Å². The predicted molar refractivity (Wildman–Crippen MR) is 103 cm³/mol. The van der Waals surface area contributed by atoms with E-state index in [9.17, 15) is 19.1 Å². The fourth-order valence-electron chi connectivity index (χ4n) is 3.18. The van der Waals surface area contributed by atoms with Crippen molar-refractivity contribution in [3.8, 4) is 11.1 Å². The summed E-state index contributed by atoms with van der Waals surface area (Å²) >= 11 is 9.26. The van der Waals surface area contributed by atoms with E-state index in [1.54, 1.807) is 24.3 Å². The molecule has 1 atom stereocenters. The number of nitrogen functional groups attached to an aromatic ring is 1. The van der Waals surface area contributed by atoms with Crippen molar-refractivity contribution in [2.75, 3.05) is 5.73 Å². The van der Waals surface area contributed by atoms with Crippen LogP contribution in [0.25, 0.3) is 16.7 Å². The molecule has 0 amide bonds. The standard InChI is InChI=1S/C18H11FN2O3S2/c19-12-6-11-10(5-9(12)7-1-3-8(20)4-2-7)13-14(21-16(13)25)18(26,15(11)22)17(23)24/h1-6,26H,20H2,(H,21,25)(H,23,24). The molecule has 4 N–H and O–H groups in total. The van der Waals surface area contributed by atoms with Crippen molar-refractivity contribution in [2.45, 2.75) is 4.75 Å². The lowest BCUT2D eigenvalue weighted by Gasteiger charge is -2.40. The van der Waals surface area contributed by atoms with E-state index >= 15 is 0 Å². The van der Waals surface area contributed by atoms with Crippen LogP contribution in [0.2, 0.25) is 0 Å². The number of benzene rings is 2. The molecule has 2 aromatic carbocycles. The number of anilines is 1. The molecule has 1 heterocycles. The summed E-state index contributed by atoms with van der Waals surface area (Å²) < 4.78 is 12.6. The highest BCUT2D eigenvalue weighted by molar-refractivity contribution is 7.84. The molecular weight excluding hydrogens is 375 g/mol. The Morgan fingerprint density at radius 2 is 1.85 bits per heavy atom. The van der Waals surface area contributed by atoms with Gasteiger partial charge in [0.25, 0.3) is 0 Å². The van der Waals surface area contributed by atoms with Gasteiger partial charge < -0.3 is 16.2 Å². The Balaban J connectivity index is 1.98. The third kappa shape index (κ3) is 2.06. The van der Waals surface area contributed by atoms with Crippen LogP contribution in [0.5, 0.6) is 0 Å². The normalized spacial score (nSPS) is 20.8. The first kappa shape index (κ1) is 16.7. The number of rotatable bonds is 2. The number of fused-ring (bicyclic) bond motifs is 2. The number of Topliss-reactive ketones (excluding diaryl/α,β-unsaturated/α-hetero) is 1. The molecular formula is C18H11FN2O3S2. The zero-order chi connectivity index (χ0) is 18.8. The van der Waals surface area contributed by atoms with Crippen LogP contribution in [0.4, 0.5) is 10.1 Å². The van der Waals surface area contributed by atoms with E-state index in [4.69, 9.17) is 18.0 Å². The summed E-state index contributed by atoms with van der Waals surface area (Å²) in [4.78, 5) is 24.7. The second-order valence-electron chi connectivity index (χ2n) is 6.05. The Morgan fingerprint density at radius 3 is 2.42 bits per heavy atom. The molecule has 5 nitrogen and oxygen atoms in total. The van der Waals surface area contributed by atoms with Gasteiger partial charge in [0.1, 0.15) is 10.8 Å². The van der Waals surface area contributed by atoms with Gasteiger partial charge in [-0.2, -0.15) is 0 Å². The van der Waals surface area contributed by atoms with Gasteiger partial charge in [-0.1, -0.05) is 24.4 Å². The van der Waals surface area contributed by atoms with Crippen molar-refractivity contribution in [1.29, 1.82) is 0 Å². The van der Waals surface area contributed by atoms with Crippen molar-refractivity contribution in [3.63, 3.8) is 0 Å². The van der Waals surface area contributed by atoms with Gasteiger partial charge in [0, 0.05) is 22.4 Å². The zero-order valence-corrected chi connectivity index (χ0v) is 14.7. The average molecular weight is 386 g/mol. The number of carboxylic acid groups (broad SMARTS) is 1. The lowest BCUT2D eigenvalue weighted by atomic mass is 9.76. The van der Waals surface area contributed by atoms with E-state index < -0.39 is 22.3 Å². The molecule has 1 aliphatic carbocycles. The monoisotopic (exact) mass is 386 g/mol. The summed E-state index contributed by atoms with van der Waals surface area (Å²) in [6.45, 7) is 0. The second kappa shape index (κ2) is 5.39. The van der Waals surface area contributed by atoms with E-state index in [2.05, 4.69) is 17.9 Å². The molecule has 130 valence electrons. The van der Waals surface area contributed by atoms with Crippen LogP contribution in [0, 0.1) is 5.82 Å². The summed E-state index contributed by atoms with van der Waals surface area (Å²) in [7, 11) is 0. The van der Waals surface area contributed by atoms with Crippen molar-refractivity contribution < 1.29 is 19.1 Å². The quantitative estimate of drug-likeness (QED) is 0.275. The van der Waals surface area contributed by atoms with Gasteiger partial charge in [0.15, 0.2) is 5.78 Å². The minimum absolute atomic E-state index is 0.0540. The van der Waals surface area contributed by atoms with Crippen LogP contribution in [-0.2, 0) is 4.79 Å². The van der Waals surface area contributed by atoms with E-state index in [0.717, 1.165) is 6.07 Å². The highest BCUT2D eigenvalue weighted by Crippen LogP contribution is 2.46. The highest BCUT2D eigenvalue weighted by atomic mass is 32.1. The van der Waals surface area contributed by atoms with Gasteiger partial charge in [0.2, 0.25) is 4.75 Å². The minimum Gasteiger partial charge on any atom is -0.480 e. The number of nitrogens with two attached hydrogens (primary N) is 1. The van der Waals surface area contributed by atoms with Crippen LogP contribution in [-0.4, -0.2) is 26.6 Å². The molecule has 8 heteroatoms. The Bertz CT molecular complexity index is 1060. The first-order valence-electron chi connectivity index (χ1n) is 7.51.